The summed E-state index contributed by atoms with van der Waals surface area (Å²) in [7, 11) is 0. The Labute approximate surface area is 98.9 Å². The van der Waals surface area contributed by atoms with Gasteiger partial charge in [-0.1, -0.05) is 11.8 Å². The molecule has 8 heteroatoms. The first kappa shape index (κ1) is 16.6. The summed E-state index contributed by atoms with van der Waals surface area (Å²) in [6.45, 7) is 1.23. The standard InChI is InChI=1S/C9H12F6OS/c1-5(16)17-3-2-6(10)7(11)4-8(12)9(13,14)15/h6-8H,2-4H2,1H3. The van der Waals surface area contributed by atoms with E-state index >= 15 is 0 Å². The van der Waals surface area contributed by atoms with Gasteiger partial charge in [0.2, 0.25) is 0 Å². The fourth-order valence-electron chi connectivity index (χ4n) is 0.975. The summed E-state index contributed by atoms with van der Waals surface area (Å²) in [6, 6.07) is 0. The van der Waals surface area contributed by atoms with Crippen LogP contribution in [-0.4, -0.2) is 35.6 Å². The average Bonchev–Trinajstić information content (AvgIpc) is 2.15. The molecule has 102 valence electrons. The van der Waals surface area contributed by atoms with Gasteiger partial charge in [-0.15, -0.1) is 0 Å². The second kappa shape index (κ2) is 7.13. The van der Waals surface area contributed by atoms with E-state index in [4.69, 9.17) is 0 Å². The van der Waals surface area contributed by atoms with Crippen LogP contribution in [0.3, 0.4) is 0 Å². The van der Waals surface area contributed by atoms with Crippen LogP contribution < -0.4 is 0 Å². The fourth-order valence-corrected chi connectivity index (χ4v) is 1.61. The van der Waals surface area contributed by atoms with Gasteiger partial charge in [0.15, 0.2) is 11.3 Å². The summed E-state index contributed by atoms with van der Waals surface area (Å²) in [5.74, 6) is -0.0418. The molecule has 3 atom stereocenters. The van der Waals surface area contributed by atoms with E-state index in [1.54, 1.807) is 0 Å². The first-order chi connectivity index (χ1) is 7.64. The Balaban J connectivity index is 3.97. The van der Waals surface area contributed by atoms with Crippen molar-refractivity contribution in [3.05, 3.63) is 0 Å². The van der Waals surface area contributed by atoms with Gasteiger partial charge in [0.25, 0.3) is 0 Å². The molecule has 0 aliphatic carbocycles. The third-order valence-corrected chi connectivity index (χ3v) is 2.73. The lowest BCUT2D eigenvalue weighted by molar-refractivity contribution is -0.186. The van der Waals surface area contributed by atoms with Crippen molar-refractivity contribution in [2.75, 3.05) is 5.75 Å². The maximum absolute atomic E-state index is 13.0. The van der Waals surface area contributed by atoms with Crippen molar-refractivity contribution in [1.82, 2.24) is 0 Å². The van der Waals surface area contributed by atoms with Gasteiger partial charge in [-0.2, -0.15) is 13.2 Å². The van der Waals surface area contributed by atoms with Crippen LogP contribution in [0.5, 0.6) is 0 Å². The quantitative estimate of drug-likeness (QED) is 0.692. The normalized spacial score (nSPS) is 17.6. The molecule has 0 aromatic heterocycles. The molecule has 0 N–H and O–H groups in total. The number of hydrogen-bond acceptors (Lipinski definition) is 2. The molecule has 0 saturated heterocycles. The predicted octanol–water partition coefficient (Wildman–Crippen LogP) is 3.62. The van der Waals surface area contributed by atoms with E-state index in [-0.39, 0.29) is 10.9 Å². The van der Waals surface area contributed by atoms with Gasteiger partial charge in [-0.3, -0.25) is 4.79 Å². The molecule has 0 fully saturated rings. The van der Waals surface area contributed by atoms with Gasteiger partial charge >= 0.3 is 6.18 Å². The minimum atomic E-state index is -5.17. The van der Waals surface area contributed by atoms with Gasteiger partial charge in [-0.05, 0) is 6.42 Å². The van der Waals surface area contributed by atoms with Crippen molar-refractivity contribution in [2.45, 2.75) is 44.5 Å². The Morgan fingerprint density at radius 3 is 2.12 bits per heavy atom. The molecule has 0 aromatic carbocycles. The molecule has 1 nitrogen and oxygen atoms in total. The third-order valence-electron chi connectivity index (χ3n) is 1.88. The van der Waals surface area contributed by atoms with Crippen LogP contribution in [0.4, 0.5) is 26.3 Å². The van der Waals surface area contributed by atoms with Crippen molar-refractivity contribution >= 4 is 16.9 Å². The number of hydrogen-bond donors (Lipinski definition) is 0. The van der Waals surface area contributed by atoms with Crippen LogP contribution in [0, 0.1) is 0 Å². The predicted molar refractivity (Wildman–Crippen MR) is 53.1 cm³/mol. The first-order valence-corrected chi connectivity index (χ1v) is 5.75. The molecule has 0 radical (unpaired) electrons. The Hall–Kier alpha value is -0.400. The molecule has 0 aliphatic heterocycles. The Morgan fingerprint density at radius 2 is 1.71 bits per heavy atom. The molecule has 0 heterocycles. The van der Waals surface area contributed by atoms with Crippen LogP contribution in [0.15, 0.2) is 0 Å². The number of halogens is 6. The highest BCUT2D eigenvalue weighted by atomic mass is 32.2. The van der Waals surface area contributed by atoms with Crippen LogP contribution in [0.25, 0.3) is 0 Å². The molecule has 0 saturated carbocycles. The number of rotatable bonds is 6. The van der Waals surface area contributed by atoms with Gasteiger partial charge in [0, 0.05) is 19.1 Å². The van der Waals surface area contributed by atoms with Gasteiger partial charge < -0.3 is 0 Å². The summed E-state index contributed by atoms with van der Waals surface area (Å²) >= 11 is 0.740. The smallest absolute Gasteiger partial charge is 0.288 e. The summed E-state index contributed by atoms with van der Waals surface area (Å²) in [4.78, 5) is 10.4. The molecule has 0 aliphatic rings. The molecule has 0 bridgehead atoms. The molecule has 0 spiro atoms. The topological polar surface area (TPSA) is 17.1 Å². The van der Waals surface area contributed by atoms with E-state index < -0.39 is 37.5 Å². The van der Waals surface area contributed by atoms with E-state index in [2.05, 4.69) is 0 Å². The van der Waals surface area contributed by atoms with Crippen molar-refractivity contribution < 1.29 is 31.1 Å². The zero-order valence-electron chi connectivity index (χ0n) is 8.94. The molecule has 0 rings (SSSR count). The molecule has 0 amide bonds. The number of carbonyl (C=O) groups excluding carboxylic acids is 1. The average molecular weight is 282 g/mol. The molecule has 0 aromatic rings. The monoisotopic (exact) mass is 282 g/mol. The first-order valence-electron chi connectivity index (χ1n) is 4.77. The van der Waals surface area contributed by atoms with E-state index in [1.807, 2.05) is 0 Å². The summed E-state index contributed by atoms with van der Waals surface area (Å²) in [5, 5.41) is -0.300. The second-order valence-corrected chi connectivity index (χ2v) is 4.68. The van der Waals surface area contributed by atoms with Crippen molar-refractivity contribution in [3.8, 4) is 0 Å². The molecular formula is C9H12F6OS. The van der Waals surface area contributed by atoms with E-state index in [0.29, 0.717) is 0 Å². The van der Waals surface area contributed by atoms with Crippen molar-refractivity contribution in [2.24, 2.45) is 0 Å². The van der Waals surface area contributed by atoms with E-state index in [9.17, 15) is 31.1 Å². The summed E-state index contributed by atoms with van der Waals surface area (Å²) in [5.41, 5.74) is 0. The second-order valence-electron chi connectivity index (χ2n) is 3.41. The van der Waals surface area contributed by atoms with Crippen LogP contribution in [0.1, 0.15) is 19.8 Å². The SMILES string of the molecule is CC(=O)SCCC(F)C(F)CC(F)C(F)(F)F. The molecular weight excluding hydrogens is 270 g/mol. The maximum atomic E-state index is 13.0. The lowest BCUT2D eigenvalue weighted by Gasteiger charge is -2.17. The number of thioether (sulfide) groups is 1. The highest BCUT2D eigenvalue weighted by Crippen LogP contribution is 2.29. The Kier molecular flexibility index (Phi) is 6.96. The summed E-state index contributed by atoms with van der Waals surface area (Å²) < 4.78 is 73.4. The highest BCUT2D eigenvalue weighted by molar-refractivity contribution is 8.13. The number of alkyl halides is 6. The van der Waals surface area contributed by atoms with Gasteiger partial charge in [-0.25, -0.2) is 13.2 Å². The molecule has 3 unspecified atom stereocenters. The van der Waals surface area contributed by atoms with E-state index in [1.165, 1.54) is 6.92 Å². The minimum absolute atomic E-state index is 0.0418. The Morgan fingerprint density at radius 1 is 1.18 bits per heavy atom. The fraction of sp³-hybridized carbons (Fsp3) is 0.889. The minimum Gasteiger partial charge on any atom is -0.288 e. The van der Waals surface area contributed by atoms with Crippen molar-refractivity contribution in [1.29, 1.82) is 0 Å². The molecule has 17 heavy (non-hydrogen) atoms. The van der Waals surface area contributed by atoms with Crippen LogP contribution >= 0.6 is 11.8 Å². The zero-order valence-corrected chi connectivity index (χ0v) is 9.75. The summed E-state index contributed by atoms with van der Waals surface area (Å²) in [6.07, 6.45) is -15.2. The lowest BCUT2D eigenvalue weighted by Crippen LogP contribution is -2.31. The maximum Gasteiger partial charge on any atom is 0.419 e. The van der Waals surface area contributed by atoms with Crippen molar-refractivity contribution in [3.63, 3.8) is 0 Å². The van der Waals surface area contributed by atoms with Gasteiger partial charge in [0.05, 0.1) is 0 Å². The van der Waals surface area contributed by atoms with E-state index in [0.717, 1.165) is 11.8 Å². The van der Waals surface area contributed by atoms with Crippen LogP contribution in [0.2, 0.25) is 0 Å². The largest absolute Gasteiger partial charge is 0.419 e. The lowest BCUT2D eigenvalue weighted by atomic mass is 10.1. The zero-order chi connectivity index (χ0) is 13.6. The van der Waals surface area contributed by atoms with Crippen LogP contribution in [-0.2, 0) is 4.79 Å². The Bertz CT molecular complexity index is 244. The van der Waals surface area contributed by atoms with Gasteiger partial charge in [0.1, 0.15) is 12.3 Å². The number of carbonyl (C=O) groups is 1. The third kappa shape index (κ3) is 7.51. The highest BCUT2D eigenvalue weighted by Gasteiger charge is 2.42.